The molecule has 18 heavy (non-hydrogen) atoms. The molecule has 0 aliphatic rings. The van der Waals surface area contributed by atoms with Crippen LogP contribution < -0.4 is 10.2 Å². The van der Waals surface area contributed by atoms with Gasteiger partial charge in [-0.25, -0.2) is 9.37 Å². The Hall–Kier alpha value is -1.16. The summed E-state index contributed by atoms with van der Waals surface area (Å²) in [5, 5.41) is 3.23. The van der Waals surface area contributed by atoms with Crippen LogP contribution in [0.2, 0.25) is 0 Å². The summed E-state index contributed by atoms with van der Waals surface area (Å²) >= 11 is 0. The highest BCUT2D eigenvalue weighted by Gasteiger charge is 2.15. The standard InChI is InChI=1S/C14H24FN3/c1-5-7-18(11(3)4)14-12(9-16-6-2)8-13(15)10-17-14/h8,10-11,16H,5-7,9H2,1-4H3. The first kappa shape index (κ1) is 14.9. The predicted octanol–water partition coefficient (Wildman–Crippen LogP) is 2.96. The molecule has 0 atom stereocenters. The molecule has 0 fully saturated rings. The number of nitrogens with one attached hydrogen (secondary N) is 1. The maximum absolute atomic E-state index is 13.3. The van der Waals surface area contributed by atoms with Crippen molar-refractivity contribution >= 4 is 5.82 Å². The van der Waals surface area contributed by atoms with E-state index in [1.54, 1.807) is 6.07 Å². The number of pyridine rings is 1. The van der Waals surface area contributed by atoms with Gasteiger partial charge in [0.1, 0.15) is 11.6 Å². The minimum atomic E-state index is -0.271. The summed E-state index contributed by atoms with van der Waals surface area (Å²) in [6.45, 7) is 10.9. The molecule has 0 aromatic carbocycles. The van der Waals surface area contributed by atoms with E-state index in [0.717, 1.165) is 30.9 Å². The van der Waals surface area contributed by atoms with Crippen LogP contribution in [0.25, 0.3) is 0 Å². The second-order valence-corrected chi connectivity index (χ2v) is 4.70. The second kappa shape index (κ2) is 7.31. The normalized spacial score (nSPS) is 11.0. The van der Waals surface area contributed by atoms with Gasteiger partial charge < -0.3 is 10.2 Å². The van der Waals surface area contributed by atoms with Crippen LogP contribution in [0.1, 0.15) is 39.7 Å². The molecule has 0 aliphatic carbocycles. The average Bonchev–Trinajstić information content (AvgIpc) is 2.34. The minimum absolute atomic E-state index is 0.271. The van der Waals surface area contributed by atoms with Crippen molar-refractivity contribution in [2.45, 2.75) is 46.7 Å². The van der Waals surface area contributed by atoms with Crippen LogP contribution in [0.5, 0.6) is 0 Å². The van der Waals surface area contributed by atoms with Gasteiger partial charge in [0.05, 0.1) is 6.20 Å². The Morgan fingerprint density at radius 1 is 1.39 bits per heavy atom. The summed E-state index contributed by atoms with van der Waals surface area (Å²) in [5.74, 6) is 0.626. The molecule has 1 heterocycles. The molecule has 0 bridgehead atoms. The van der Waals surface area contributed by atoms with Gasteiger partial charge in [-0.3, -0.25) is 0 Å². The maximum Gasteiger partial charge on any atom is 0.141 e. The van der Waals surface area contributed by atoms with Gasteiger partial charge in [0.25, 0.3) is 0 Å². The van der Waals surface area contributed by atoms with Gasteiger partial charge in [0, 0.05) is 24.7 Å². The molecule has 0 saturated carbocycles. The first-order valence-electron chi connectivity index (χ1n) is 6.71. The van der Waals surface area contributed by atoms with Crippen LogP contribution in [0, 0.1) is 5.82 Å². The molecule has 0 radical (unpaired) electrons. The van der Waals surface area contributed by atoms with Gasteiger partial charge in [-0.05, 0) is 32.9 Å². The largest absolute Gasteiger partial charge is 0.354 e. The number of rotatable bonds is 7. The maximum atomic E-state index is 13.3. The number of hydrogen-bond acceptors (Lipinski definition) is 3. The summed E-state index contributed by atoms with van der Waals surface area (Å²) in [6, 6.07) is 1.94. The fourth-order valence-corrected chi connectivity index (χ4v) is 1.97. The third-order valence-corrected chi connectivity index (χ3v) is 2.83. The topological polar surface area (TPSA) is 28.2 Å². The molecule has 1 N–H and O–H groups in total. The molecule has 0 amide bonds. The van der Waals surface area contributed by atoms with E-state index in [1.807, 2.05) is 6.92 Å². The van der Waals surface area contributed by atoms with E-state index in [1.165, 1.54) is 6.20 Å². The lowest BCUT2D eigenvalue weighted by Gasteiger charge is -2.29. The Labute approximate surface area is 109 Å². The molecule has 3 nitrogen and oxygen atoms in total. The summed E-state index contributed by atoms with van der Waals surface area (Å²) in [6.07, 6.45) is 2.35. The smallest absolute Gasteiger partial charge is 0.141 e. The average molecular weight is 253 g/mol. The fourth-order valence-electron chi connectivity index (χ4n) is 1.97. The SMILES string of the molecule is CCCN(c1ncc(F)cc1CNCC)C(C)C. The molecule has 1 rings (SSSR count). The lowest BCUT2D eigenvalue weighted by molar-refractivity contribution is 0.604. The van der Waals surface area contributed by atoms with Crippen LogP contribution in [0.3, 0.4) is 0 Å². The number of halogens is 1. The molecule has 0 aliphatic heterocycles. The molecule has 1 aromatic rings. The van der Waals surface area contributed by atoms with Crippen molar-refractivity contribution in [3.63, 3.8) is 0 Å². The van der Waals surface area contributed by atoms with Gasteiger partial charge in [-0.15, -0.1) is 0 Å². The van der Waals surface area contributed by atoms with Gasteiger partial charge in [-0.1, -0.05) is 13.8 Å². The van der Waals surface area contributed by atoms with Gasteiger partial charge in [0.2, 0.25) is 0 Å². The first-order chi connectivity index (χ1) is 8.60. The highest BCUT2D eigenvalue weighted by Crippen LogP contribution is 2.21. The van der Waals surface area contributed by atoms with E-state index >= 15 is 0 Å². The van der Waals surface area contributed by atoms with Crippen molar-refractivity contribution in [3.8, 4) is 0 Å². The molecule has 0 spiro atoms. The third-order valence-electron chi connectivity index (χ3n) is 2.83. The summed E-state index contributed by atoms with van der Waals surface area (Å²) in [5.41, 5.74) is 0.930. The zero-order valence-corrected chi connectivity index (χ0v) is 11.8. The number of anilines is 1. The van der Waals surface area contributed by atoms with Crippen molar-refractivity contribution in [2.24, 2.45) is 0 Å². The fraction of sp³-hybridized carbons (Fsp3) is 0.643. The lowest BCUT2D eigenvalue weighted by Crippen LogP contribution is -2.33. The monoisotopic (exact) mass is 253 g/mol. The van der Waals surface area contributed by atoms with E-state index in [0.29, 0.717) is 12.6 Å². The quantitative estimate of drug-likeness (QED) is 0.809. The van der Waals surface area contributed by atoms with Crippen LogP contribution >= 0.6 is 0 Å². The van der Waals surface area contributed by atoms with E-state index in [-0.39, 0.29) is 5.82 Å². The Bertz CT molecular complexity index is 366. The van der Waals surface area contributed by atoms with Crippen LogP contribution in [-0.4, -0.2) is 24.1 Å². The highest BCUT2D eigenvalue weighted by molar-refractivity contribution is 5.47. The van der Waals surface area contributed by atoms with Crippen molar-refractivity contribution in [2.75, 3.05) is 18.0 Å². The summed E-state index contributed by atoms with van der Waals surface area (Å²) < 4.78 is 13.3. The second-order valence-electron chi connectivity index (χ2n) is 4.70. The zero-order valence-electron chi connectivity index (χ0n) is 11.8. The van der Waals surface area contributed by atoms with Crippen LogP contribution in [0.4, 0.5) is 10.2 Å². The third kappa shape index (κ3) is 3.95. The van der Waals surface area contributed by atoms with Crippen LogP contribution in [-0.2, 0) is 6.54 Å². The van der Waals surface area contributed by atoms with E-state index in [4.69, 9.17) is 0 Å². The van der Waals surface area contributed by atoms with Crippen LogP contribution in [0.15, 0.2) is 12.3 Å². The van der Waals surface area contributed by atoms with Crippen molar-refractivity contribution < 1.29 is 4.39 Å². The molecule has 0 unspecified atom stereocenters. The number of nitrogens with zero attached hydrogens (tertiary/aromatic N) is 2. The minimum Gasteiger partial charge on any atom is -0.354 e. The van der Waals surface area contributed by atoms with Gasteiger partial charge >= 0.3 is 0 Å². The lowest BCUT2D eigenvalue weighted by atomic mass is 10.2. The Morgan fingerprint density at radius 2 is 2.11 bits per heavy atom. The van der Waals surface area contributed by atoms with E-state index in [9.17, 15) is 4.39 Å². The molecule has 4 heteroatoms. The Balaban J connectivity index is 3.03. The number of aromatic nitrogens is 1. The van der Waals surface area contributed by atoms with Crippen molar-refractivity contribution in [1.82, 2.24) is 10.3 Å². The Kier molecular flexibility index (Phi) is 6.05. The number of hydrogen-bond donors (Lipinski definition) is 1. The van der Waals surface area contributed by atoms with E-state index in [2.05, 4.69) is 36.0 Å². The first-order valence-corrected chi connectivity index (χ1v) is 6.71. The van der Waals surface area contributed by atoms with Crippen molar-refractivity contribution in [1.29, 1.82) is 0 Å². The molecule has 102 valence electrons. The van der Waals surface area contributed by atoms with E-state index < -0.39 is 0 Å². The summed E-state index contributed by atoms with van der Waals surface area (Å²) in [7, 11) is 0. The Morgan fingerprint density at radius 3 is 2.67 bits per heavy atom. The summed E-state index contributed by atoms with van der Waals surface area (Å²) in [4.78, 5) is 6.51. The zero-order chi connectivity index (χ0) is 13.5. The molecule has 0 saturated heterocycles. The molecule has 1 aromatic heterocycles. The van der Waals surface area contributed by atoms with Crippen molar-refractivity contribution in [3.05, 3.63) is 23.6 Å². The molecular formula is C14H24FN3. The van der Waals surface area contributed by atoms with Gasteiger partial charge in [-0.2, -0.15) is 0 Å². The molecular weight excluding hydrogens is 229 g/mol. The highest BCUT2D eigenvalue weighted by atomic mass is 19.1. The van der Waals surface area contributed by atoms with Gasteiger partial charge in [0.15, 0.2) is 0 Å². The predicted molar refractivity (Wildman–Crippen MR) is 74.3 cm³/mol.